The first kappa shape index (κ1) is 22.9. The topological polar surface area (TPSA) is 65.1 Å². The monoisotopic (exact) mass is 387 g/mol. The highest BCUT2D eigenvalue weighted by molar-refractivity contribution is 7.52. The highest BCUT2D eigenvalue weighted by Gasteiger charge is 2.46. The molecule has 0 saturated carbocycles. The summed E-state index contributed by atoms with van der Waals surface area (Å²) >= 11 is 0. The van der Waals surface area contributed by atoms with Gasteiger partial charge in [-0.15, -0.1) is 0 Å². The first-order valence-electron chi connectivity index (χ1n) is 9.19. The van der Waals surface area contributed by atoms with E-state index < -0.39 is 25.5 Å². The third kappa shape index (κ3) is 5.97. The van der Waals surface area contributed by atoms with Gasteiger partial charge in [0.2, 0.25) is 0 Å². The van der Waals surface area contributed by atoms with E-state index in [1.165, 1.54) is 4.67 Å². The predicted octanol–water partition coefficient (Wildman–Crippen LogP) is 5.71. The van der Waals surface area contributed by atoms with Crippen LogP contribution < -0.4 is 0 Å². The average molecular weight is 387 g/mol. The Labute approximate surface area is 158 Å². The molecule has 6 nitrogen and oxygen atoms in total. The standard InChI is InChI=1S/C19H34NO5P/c1-9-23-26(22,24-10-2)20(18(21)25-19(6,7)8)17-13-16(14(3)4)12-11-15(17)5/h11,16-17H,3,9-10,12-13H2,1-2,4-8H3/t16?,17-/m0/s1. The second kappa shape index (κ2) is 9.20. The number of hydrogen-bond donors (Lipinski definition) is 0. The molecule has 0 fully saturated rings. The number of amides is 1. The third-order valence-electron chi connectivity index (χ3n) is 4.18. The molecule has 0 aliphatic heterocycles. The Bertz CT molecular complexity index is 583. The van der Waals surface area contributed by atoms with Gasteiger partial charge in [0.1, 0.15) is 5.60 Å². The molecule has 0 aromatic heterocycles. The van der Waals surface area contributed by atoms with Crippen molar-refractivity contribution in [3.63, 3.8) is 0 Å². The zero-order chi connectivity index (χ0) is 20.1. The van der Waals surface area contributed by atoms with Crippen molar-refractivity contribution in [3.8, 4) is 0 Å². The van der Waals surface area contributed by atoms with Crippen LogP contribution in [0.3, 0.4) is 0 Å². The van der Waals surface area contributed by atoms with Crippen LogP contribution in [0.25, 0.3) is 0 Å². The molecule has 0 bridgehead atoms. The van der Waals surface area contributed by atoms with Crippen LogP contribution in [0.2, 0.25) is 0 Å². The quantitative estimate of drug-likeness (QED) is 0.414. The fourth-order valence-electron chi connectivity index (χ4n) is 2.91. The van der Waals surface area contributed by atoms with E-state index in [9.17, 15) is 9.36 Å². The zero-order valence-corrected chi connectivity index (χ0v) is 18.1. The minimum atomic E-state index is -3.85. The number of nitrogens with zero attached hydrogens (tertiary/aromatic N) is 1. The van der Waals surface area contributed by atoms with E-state index in [0.29, 0.717) is 6.42 Å². The van der Waals surface area contributed by atoms with E-state index in [1.54, 1.807) is 34.6 Å². The molecule has 0 radical (unpaired) electrons. The first-order valence-corrected chi connectivity index (χ1v) is 10.7. The van der Waals surface area contributed by atoms with Crippen molar-refractivity contribution >= 4 is 13.8 Å². The fraction of sp³-hybridized carbons (Fsp3) is 0.737. The van der Waals surface area contributed by atoms with Gasteiger partial charge in [0.05, 0.1) is 19.3 Å². The Morgan fingerprint density at radius 1 is 1.31 bits per heavy atom. The van der Waals surface area contributed by atoms with Gasteiger partial charge in [-0.3, -0.25) is 9.05 Å². The molecule has 1 unspecified atom stereocenters. The van der Waals surface area contributed by atoms with Crippen LogP contribution in [0, 0.1) is 5.92 Å². The Morgan fingerprint density at radius 3 is 2.27 bits per heavy atom. The highest BCUT2D eigenvalue weighted by Crippen LogP contribution is 2.56. The van der Waals surface area contributed by atoms with E-state index >= 15 is 0 Å². The van der Waals surface area contributed by atoms with Gasteiger partial charge in [-0.1, -0.05) is 23.8 Å². The number of ether oxygens (including phenoxy) is 1. The van der Waals surface area contributed by atoms with Crippen LogP contribution in [-0.2, 0) is 18.3 Å². The van der Waals surface area contributed by atoms with Gasteiger partial charge in [-0.25, -0.2) is 14.0 Å². The summed E-state index contributed by atoms with van der Waals surface area (Å²) in [4.78, 5) is 13.0. The van der Waals surface area contributed by atoms with Gasteiger partial charge in [0, 0.05) is 0 Å². The second-order valence-corrected chi connectivity index (χ2v) is 9.49. The lowest BCUT2D eigenvalue weighted by molar-refractivity contribution is 0.0256. The van der Waals surface area contributed by atoms with Crippen molar-refractivity contribution in [1.29, 1.82) is 0 Å². The van der Waals surface area contributed by atoms with Crippen LogP contribution >= 0.6 is 7.75 Å². The summed E-state index contributed by atoms with van der Waals surface area (Å²) in [5, 5.41) is 0. The molecule has 1 amide bonds. The molecule has 0 aromatic carbocycles. The van der Waals surface area contributed by atoms with Gasteiger partial charge in [0.15, 0.2) is 0 Å². The maximum absolute atomic E-state index is 13.5. The molecule has 0 N–H and O–H groups in total. The van der Waals surface area contributed by atoms with E-state index in [1.807, 2.05) is 13.8 Å². The van der Waals surface area contributed by atoms with Crippen molar-refractivity contribution in [2.24, 2.45) is 5.92 Å². The molecule has 0 spiro atoms. The summed E-state index contributed by atoms with van der Waals surface area (Å²) in [5.74, 6) is 0.199. The molecule has 0 aromatic rings. The lowest BCUT2D eigenvalue weighted by Crippen LogP contribution is -2.44. The predicted molar refractivity (Wildman–Crippen MR) is 104 cm³/mol. The second-order valence-electron chi connectivity index (χ2n) is 7.61. The number of carbonyl (C=O) groups is 1. The average Bonchev–Trinajstić information content (AvgIpc) is 2.47. The largest absolute Gasteiger partial charge is 0.443 e. The van der Waals surface area contributed by atoms with Gasteiger partial charge >= 0.3 is 13.8 Å². The molecule has 0 heterocycles. The maximum Gasteiger partial charge on any atom is 0.440 e. The number of hydrogen-bond acceptors (Lipinski definition) is 5. The number of carbonyl (C=O) groups excluding carboxylic acids is 1. The van der Waals surface area contributed by atoms with Crippen LogP contribution in [-0.4, -0.2) is 35.6 Å². The Morgan fingerprint density at radius 2 is 1.85 bits per heavy atom. The smallest absolute Gasteiger partial charge is 0.440 e. The fourth-order valence-corrected chi connectivity index (χ4v) is 4.74. The van der Waals surface area contributed by atoms with Crippen LogP contribution in [0.5, 0.6) is 0 Å². The lowest BCUT2D eigenvalue weighted by atomic mass is 9.83. The Hall–Kier alpha value is -1.10. The van der Waals surface area contributed by atoms with Gasteiger partial charge < -0.3 is 4.74 Å². The highest BCUT2D eigenvalue weighted by atomic mass is 31.2. The normalized spacial score (nSPS) is 21.1. The minimum Gasteiger partial charge on any atom is -0.443 e. The van der Waals surface area contributed by atoms with Crippen molar-refractivity contribution in [3.05, 3.63) is 23.8 Å². The lowest BCUT2D eigenvalue weighted by Gasteiger charge is -2.40. The Balaban J connectivity index is 3.36. The summed E-state index contributed by atoms with van der Waals surface area (Å²) in [5.41, 5.74) is 1.26. The van der Waals surface area contributed by atoms with Crippen LogP contribution in [0.4, 0.5) is 4.79 Å². The van der Waals surface area contributed by atoms with E-state index in [2.05, 4.69) is 12.7 Å². The van der Waals surface area contributed by atoms with Gasteiger partial charge in [0.25, 0.3) is 0 Å². The summed E-state index contributed by atoms with van der Waals surface area (Å²) in [7, 11) is -3.85. The molecule has 7 heteroatoms. The summed E-state index contributed by atoms with van der Waals surface area (Å²) in [6, 6.07) is -0.427. The molecule has 2 atom stereocenters. The van der Waals surface area contributed by atoms with E-state index in [-0.39, 0.29) is 19.1 Å². The first-order chi connectivity index (χ1) is 11.9. The van der Waals surface area contributed by atoms with Gasteiger partial charge in [-0.05, 0) is 67.2 Å². The van der Waals surface area contributed by atoms with E-state index in [0.717, 1.165) is 17.6 Å². The molecule has 0 saturated heterocycles. The summed E-state index contributed by atoms with van der Waals surface area (Å²) in [6.45, 7) is 17.0. The van der Waals surface area contributed by atoms with Crippen LogP contribution in [0.1, 0.15) is 61.3 Å². The maximum atomic E-state index is 13.5. The zero-order valence-electron chi connectivity index (χ0n) is 17.2. The molecule has 1 aliphatic carbocycles. The molecule has 26 heavy (non-hydrogen) atoms. The Kier molecular flexibility index (Phi) is 8.12. The molecule has 150 valence electrons. The molecule has 1 aliphatic rings. The SMILES string of the molecule is C=C(C)C1CC=C(C)[C@@H](N(C(=O)OC(C)(C)C)P(=O)(OCC)OCC)C1. The van der Waals surface area contributed by atoms with E-state index in [4.69, 9.17) is 13.8 Å². The molecular weight excluding hydrogens is 353 g/mol. The molecule has 1 rings (SSSR count). The van der Waals surface area contributed by atoms with Crippen molar-refractivity contribution in [1.82, 2.24) is 4.67 Å². The number of rotatable bonds is 7. The van der Waals surface area contributed by atoms with Crippen molar-refractivity contribution in [2.45, 2.75) is 73.0 Å². The molecular formula is C19H34NO5P. The van der Waals surface area contributed by atoms with Crippen molar-refractivity contribution < 1.29 is 23.1 Å². The summed E-state index contributed by atoms with van der Waals surface area (Å²) < 4.78 is 31.2. The minimum absolute atomic E-state index is 0.163. The van der Waals surface area contributed by atoms with Gasteiger partial charge in [-0.2, -0.15) is 0 Å². The van der Waals surface area contributed by atoms with Crippen LogP contribution in [0.15, 0.2) is 23.8 Å². The third-order valence-corrected chi connectivity index (χ3v) is 6.32. The van der Waals surface area contributed by atoms with Crippen molar-refractivity contribution in [2.75, 3.05) is 13.2 Å². The summed E-state index contributed by atoms with van der Waals surface area (Å²) in [6.07, 6.45) is 2.84. The number of allylic oxidation sites excluding steroid dienone is 2.